The van der Waals surface area contributed by atoms with Gasteiger partial charge in [0.15, 0.2) is 0 Å². The van der Waals surface area contributed by atoms with Gasteiger partial charge in [0.25, 0.3) is 0 Å². The summed E-state index contributed by atoms with van der Waals surface area (Å²) in [4.78, 5) is 26.9. The van der Waals surface area contributed by atoms with E-state index in [1.807, 2.05) is 6.92 Å². The van der Waals surface area contributed by atoms with Crippen LogP contribution in [0.25, 0.3) is 0 Å². The number of fused-ring (bicyclic) bond motifs is 2. The molecule has 0 spiro atoms. The number of carbonyl (C=O) groups excluding carboxylic acids is 2. The number of allylic oxidation sites excluding steroid dienone is 1. The molecule has 0 bridgehead atoms. The molecule has 1 saturated carbocycles. The molecular formula is C34H59N4O8+. The molecule has 5 aliphatic rings. The van der Waals surface area contributed by atoms with Gasteiger partial charge in [0.2, 0.25) is 0 Å². The van der Waals surface area contributed by atoms with E-state index in [1.165, 1.54) is 0 Å². The number of rotatable bonds is 10. The molecule has 10 N–H and O–H groups in total. The van der Waals surface area contributed by atoms with Crippen molar-refractivity contribution in [2.45, 2.75) is 127 Å². The fourth-order valence-electron chi connectivity index (χ4n) is 9.24. The Morgan fingerprint density at radius 1 is 1.22 bits per heavy atom. The number of hydrogen-bond donors (Lipinski definition) is 7. The van der Waals surface area contributed by atoms with Crippen molar-refractivity contribution < 1.29 is 44.4 Å². The molecule has 4 saturated heterocycles. The largest absolute Gasteiger partial charge is 0.456 e. The number of ketones is 1. The lowest BCUT2D eigenvalue weighted by atomic mass is 9.57. The van der Waals surface area contributed by atoms with E-state index in [4.69, 9.17) is 25.7 Å². The third-order valence-corrected chi connectivity index (χ3v) is 12.0. The first kappa shape index (κ1) is 35.8. The van der Waals surface area contributed by atoms with Crippen molar-refractivity contribution in [2.75, 3.05) is 26.3 Å². The van der Waals surface area contributed by atoms with Gasteiger partial charge < -0.3 is 45.9 Å². The van der Waals surface area contributed by atoms with Gasteiger partial charge in [0, 0.05) is 42.8 Å². The summed E-state index contributed by atoms with van der Waals surface area (Å²) in [6, 6.07) is 0. The summed E-state index contributed by atoms with van der Waals surface area (Å²) in [5, 5.41) is 37.9. The predicted molar refractivity (Wildman–Crippen MR) is 170 cm³/mol. The molecular weight excluding hydrogens is 592 g/mol. The van der Waals surface area contributed by atoms with Crippen molar-refractivity contribution >= 4 is 11.8 Å². The van der Waals surface area contributed by atoms with Crippen LogP contribution in [0.1, 0.15) is 78.6 Å². The number of aliphatic hydroxyl groups is 3. The summed E-state index contributed by atoms with van der Waals surface area (Å²) in [6.07, 6.45) is 4.02. The number of nitrogens with one attached hydrogen (secondary N) is 1. The molecule has 5 rings (SSSR count). The average Bonchev–Trinajstić information content (AvgIpc) is 3.04. The molecule has 4 heterocycles. The van der Waals surface area contributed by atoms with Gasteiger partial charge in [0.1, 0.15) is 23.7 Å². The van der Waals surface area contributed by atoms with E-state index in [-0.39, 0.29) is 55.5 Å². The highest BCUT2D eigenvalue weighted by Gasteiger charge is 2.63. The number of esters is 1. The Morgan fingerprint density at radius 2 is 2.00 bits per heavy atom. The minimum Gasteiger partial charge on any atom is -0.456 e. The lowest BCUT2D eigenvalue weighted by Gasteiger charge is -2.60. The van der Waals surface area contributed by atoms with Gasteiger partial charge in [0.05, 0.1) is 49.7 Å². The maximum atomic E-state index is 13.7. The zero-order chi connectivity index (χ0) is 33.2. The van der Waals surface area contributed by atoms with E-state index < -0.39 is 53.9 Å². The molecule has 1 aliphatic carbocycles. The first-order chi connectivity index (χ1) is 22.0. The first-order valence-electron chi connectivity index (χ1n) is 17.7. The highest BCUT2D eigenvalue weighted by atomic mass is 16.6. The van der Waals surface area contributed by atoms with Crippen molar-refractivity contribution in [3.05, 3.63) is 11.6 Å². The zero-order valence-corrected chi connectivity index (χ0v) is 27.9. The predicted octanol–water partition coefficient (Wildman–Crippen LogP) is -0.325. The van der Waals surface area contributed by atoms with Crippen molar-refractivity contribution in [1.82, 2.24) is 5.32 Å². The molecule has 12 heteroatoms. The number of ether oxygens (including phenoxy) is 3. The Morgan fingerprint density at radius 3 is 2.65 bits per heavy atom. The SMILES string of the molecule is CC=C(C)C(=O)O[C@H]1CC2C(O)C3C(=O)CC(CO)OC3C([C@H](CCO)C3CCNC(N)C3)C2O[C@@]1(C)CCC1CCC(N)[NH2+]C1. The second kappa shape index (κ2) is 15.4. The quantitative estimate of drug-likeness (QED) is 0.120. The van der Waals surface area contributed by atoms with Gasteiger partial charge >= 0.3 is 5.97 Å². The van der Waals surface area contributed by atoms with Crippen LogP contribution < -0.4 is 22.1 Å². The van der Waals surface area contributed by atoms with E-state index in [0.29, 0.717) is 37.2 Å². The van der Waals surface area contributed by atoms with Gasteiger partial charge in [-0.2, -0.15) is 0 Å². The second-order valence-corrected chi connectivity index (χ2v) is 15.0. The summed E-state index contributed by atoms with van der Waals surface area (Å²) in [7, 11) is 0. The highest BCUT2D eigenvalue weighted by molar-refractivity contribution is 5.87. The van der Waals surface area contributed by atoms with Crippen LogP contribution in [0.2, 0.25) is 0 Å². The van der Waals surface area contributed by atoms with Crippen LogP contribution in [-0.4, -0.2) is 102 Å². The summed E-state index contributed by atoms with van der Waals surface area (Å²) >= 11 is 0. The Kier molecular flexibility index (Phi) is 12.0. The minimum atomic E-state index is -1.06. The van der Waals surface area contributed by atoms with Crippen molar-refractivity contribution in [1.29, 1.82) is 0 Å². The topological polar surface area (TPSA) is 203 Å². The molecule has 262 valence electrons. The molecule has 0 aromatic heterocycles. The van der Waals surface area contributed by atoms with Crippen LogP contribution in [-0.2, 0) is 23.8 Å². The normalized spacial score (nSPS) is 44.2. The fraction of sp³-hybridized carbons (Fsp3) is 0.882. The molecule has 11 unspecified atom stereocenters. The summed E-state index contributed by atoms with van der Waals surface area (Å²) in [5.74, 6) is -1.67. The molecule has 0 radical (unpaired) electrons. The molecule has 14 atom stereocenters. The molecule has 12 nitrogen and oxygen atoms in total. The second-order valence-electron chi connectivity index (χ2n) is 15.0. The zero-order valence-electron chi connectivity index (χ0n) is 27.9. The molecule has 0 aromatic carbocycles. The summed E-state index contributed by atoms with van der Waals surface area (Å²) in [5.41, 5.74) is 12.2. The molecule has 0 amide bonds. The van der Waals surface area contributed by atoms with Crippen LogP contribution >= 0.6 is 0 Å². The van der Waals surface area contributed by atoms with E-state index in [0.717, 1.165) is 38.8 Å². The molecule has 46 heavy (non-hydrogen) atoms. The van der Waals surface area contributed by atoms with Crippen LogP contribution in [0, 0.1) is 35.5 Å². The highest BCUT2D eigenvalue weighted by Crippen LogP contribution is 2.54. The van der Waals surface area contributed by atoms with Crippen LogP contribution in [0.4, 0.5) is 0 Å². The summed E-state index contributed by atoms with van der Waals surface area (Å²) in [6.45, 7) is 6.88. The minimum absolute atomic E-state index is 0.0290. The van der Waals surface area contributed by atoms with E-state index >= 15 is 0 Å². The Bertz CT molecular complexity index is 1090. The van der Waals surface area contributed by atoms with E-state index in [9.17, 15) is 24.9 Å². The smallest absolute Gasteiger partial charge is 0.333 e. The fourth-order valence-corrected chi connectivity index (χ4v) is 9.24. The van der Waals surface area contributed by atoms with E-state index in [2.05, 4.69) is 10.6 Å². The van der Waals surface area contributed by atoms with Gasteiger partial charge in [-0.3, -0.25) is 10.5 Å². The standard InChI is InChI=1S/C34H58N4O8/c1-4-18(2)33(43)45-25-15-23-30(42)29-24(41)14-21(17-40)44-32(29)28(22(9-12-39)20-8-11-37-27(36)13-20)31(23)46-34(25,3)10-7-19-5-6-26(35)38-16-19/h4,19-23,25-32,37-40,42H,5-17,35-36H2,1-3H3/p+1/t19?,20?,21?,22-,23?,25+,26?,27?,28?,29?,30?,31?,32?,34+/m1/s1. The van der Waals surface area contributed by atoms with Gasteiger partial charge in [-0.25, -0.2) is 4.79 Å². The Hall–Kier alpha value is -1.48. The number of aliphatic hydroxyl groups excluding tert-OH is 3. The van der Waals surface area contributed by atoms with Crippen LogP contribution in [0.15, 0.2) is 11.6 Å². The van der Waals surface area contributed by atoms with Crippen LogP contribution in [0.3, 0.4) is 0 Å². The molecule has 4 aliphatic heterocycles. The number of nitrogens with two attached hydrogens (primary N) is 3. The molecule has 5 fully saturated rings. The van der Waals surface area contributed by atoms with E-state index in [1.54, 1.807) is 19.9 Å². The summed E-state index contributed by atoms with van der Waals surface area (Å²) < 4.78 is 19.9. The van der Waals surface area contributed by atoms with Gasteiger partial charge in [-0.15, -0.1) is 0 Å². The Balaban J connectivity index is 1.52. The average molecular weight is 652 g/mol. The van der Waals surface area contributed by atoms with Crippen molar-refractivity contribution in [3.63, 3.8) is 0 Å². The monoisotopic (exact) mass is 651 g/mol. The maximum Gasteiger partial charge on any atom is 0.333 e. The third-order valence-electron chi connectivity index (χ3n) is 12.0. The van der Waals surface area contributed by atoms with Gasteiger partial charge in [-0.05, 0) is 84.1 Å². The van der Waals surface area contributed by atoms with Crippen molar-refractivity contribution in [2.24, 2.45) is 47.0 Å². The number of piperidine rings is 2. The van der Waals surface area contributed by atoms with Gasteiger partial charge in [-0.1, -0.05) is 6.08 Å². The number of hydrogen-bond acceptors (Lipinski definition) is 11. The van der Waals surface area contributed by atoms with Crippen LogP contribution in [0.5, 0.6) is 0 Å². The lowest BCUT2D eigenvalue weighted by Crippen LogP contribution is -2.95. The lowest BCUT2D eigenvalue weighted by molar-refractivity contribution is -0.703. The van der Waals surface area contributed by atoms with Crippen molar-refractivity contribution in [3.8, 4) is 0 Å². The molecule has 0 aromatic rings. The number of quaternary nitrogens is 1. The first-order valence-corrected chi connectivity index (χ1v) is 17.7. The number of Topliss-reactive ketones (excluding diaryl/α,β-unsaturated/α-hetero) is 1. The number of carbonyl (C=O) groups is 2. The maximum absolute atomic E-state index is 13.7. The third kappa shape index (κ3) is 7.55. The Labute approximate surface area is 273 Å².